The van der Waals surface area contributed by atoms with E-state index in [-0.39, 0.29) is 0 Å². The number of aromatic nitrogens is 2. The van der Waals surface area contributed by atoms with Gasteiger partial charge in [-0.15, -0.1) is 0 Å². The zero-order valence-corrected chi connectivity index (χ0v) is 10.4. The summed E-state index contributed by atoms with van der Waals surface area (Å²) in [5.41, 5.74) is 0.963. The van der Waals surface area contributed by atoms with Crippen molar-refractivity contribution in [3.8, 4) is 5.88 Å². The third kappa shape index (κ3) is 2.91. The Bertz CT molecular complexity index is 328. The molecule has 15 heavy (non-hydrogen) atoms. The van der Waals surface area contributed by atoms with Crippen molar-refractivity contribution in [3.63, 3.8) is 0 Å². The molecule has 1 atom stereocenters. The van der Waals surface area contributed by atoms with E-state index in [1.165, 1.54) is 12.8 Å². The number of alkyl halides is 1. The number of hydrogen-bond donors (Lipinski definition) is 0. The minimum Gasteiger partial charge on any atom is -0.480 e. The van der Waals surface area contributed by atoms with Gasteiger partial charge in [0, 0.05) is 17.2 Å². The number of nitrogens with zero attached hydrogens (tertiary/aromatic N) is 2. The van der Waals surface area contributed by atoms with E-state index < -0.39 is 0 Å². The van der Waals surface area contributed by atoms with E-state index in [9.17, 15) is 0 Å². The van der Waals surface area contributed by atoms with Crippen molar-refractivity contribution in [2.45, 2.75) is 30.5 Å². The van der Waals surface area contributed by atoms with Gasteiger partial charge in [0.1, 0.15) is 5.69 Å². The zero-order valence-electron chi connectivity index (χ0n) is 8.82. The van der Waals surface area contributed by atoms with Crippen LogP contribution in [0.25, 0.3) is 0 Å². The largest absolute Gasteiger partial charge is 0.480 e. The molecule has 3 nitrogen and oxygen atoms in total. The fourth-order valence-electron chi connectivity index (χ4n) is 1.66. The zero-order chi connectivity index (χ0) is 10.7. The van der Waals surface area contributed by atoms with E-state index in [4.69, 9.17) is 4.74 Å². The Kier molecular flexibility index (Phi) is 3.57. The molecule has 1 saturated carbocycles. The molecule has 0 saturated heterocycles. The van der Waals surface area contributed by atoms with Gasteiger partial charge in [-0.1, -0.05) is 15.9 Å². The third-order valence-corrected chi connectivity index (χ3v) is 3.92. The average molecular weight is 271 g/mol. The van der Waals surface area contributed by atoms with Crippen LogP contribution >= 0.6 is 15.9 Å². The highest BCUT2D eigenvalue weighted by Crippen LogP contribution is 2.38. The number of ether oxygens (including phenoxy) is 1. The summed E-state index contributed by atoms with van der Waals surface area (Å²) in [5, 5.41) is 0. The van der Waals surface area contributed by atoms with Crippen molar-refractivity contribution in [2.75, 3.05) is 7.11 Å². The van der Waals surface area contributed by atoms with Gasteiger partial charge in [0.25, 0.3) is 0 Å². The minimum atomic E-state index is 0.629. The van der Waals surface area contributed by atoms with Crippen molar-refractivity contribution in [2.24, 2.45) is 5.92 Å². The topological polar surface area (TPSA) is 35.0 Å². The van der Waals surface area contributed by atoms with Crippen LogP contribution in [0.4, 0.5) is 0 Å². The predicted octanol–water partition coefficient (Wildman–Crippen LogP) is 2.59. The van der Waals surface area contributed by atoms with E-state index in [2.05, 4.69) is 25.9 Å². The molecule has 0 aromatic carbocycles. The second-order valence-electron chi connectivity index (χ2n) is 3.90. The van der Waals surface area contributed by atoms with Crippen molar-refractivity contribution >= 4 is 15.9 Å². The molecule has 0 amide bonds. The molecule has 1 aliphatic rings. The Labute approximate surface area is 98.4 Å². The molecule has 1 fully saturated rings. The molecule has 2 rings (SSSR count). The standard InChI is InChI=1S/C11H15BrN2O/c1-15-11-10(13-6-7-14-11)5-4-9(12)8-2-3-8/h6-9H,2-5H2,1H3. The Morgan fingerprint density at radius 3 is 2.87 bits per heavy atom. The molecule has 0 radical (unpaired) electrons. The molecular formula is C11H15BrN2O. The SMILES string of the molecule is COc1nccnc1CCC(Br)C1CC1. The lowest BCUT2D eigenvalue weighted by Crippen LogP contribution is -2.05. The first-order valence-electron chi connectivity index (χ1n) is 5.29. The summed E-state index contributed by atoms with van der Waals surface area (Å²) in [6, 6.07) is 0. The van der Waals surface area contributed by atoms with Crippen LogP contribution in [0.1, 0.15) is 25.0 Å². The maximum absolute atomic E-state index is 5.16. The van der Waals surface area contributed by atoms with Gasteiger partial charge >= 0.3 is 0 Å². The monoisotopic (exact) mass is 270 g/mol. The molecule has 1 aliphatic carbocycles. The highest BCUT2D eigenvalue weighted by atomic mass is 79.9. The lowest BCUT2D eigenvalue weighted by atomic mass is 10.1. The van der Waals surface area contributed by atoms with Gasteiger partial charge in [-0.25, -0.2) is 4.98 Å². The van der Waals surface area contributed by atoms with Gasteiger partial charge < -0.3 is 4.74 Å². The van der Waals surface area contributed by atoms with E-state index in [0.717, 1.165) is 24.5 Å². The van der Waals surface area contributed by atoms with E-state index in [1.54, 1.807) is 19.5 Å². The Morgan fingerprint density at radius 2 is 2.20 bits per heavy atom. The van der Waals surface area contributed by atoms with Crippen LogP contribution in [0.5, 0.6) is 5.88 Å². The Hall–Kier alpha value is -0.640. The number of aryl methyl sites for hydroxylation is 1. The van der Waals surface area contributed by atoms with Crippen LogP contribution in [-0.4, -0.2) is 21.9 Å². The van der Waals surface area contributed by atoms with E-state index in [1.807, 2.05) is 0 Å². The molecule has 0 aliphatic heterocycles. The fourth-order valence-corrected chi connectivity index (χ4v) is 2.42. The Morgan fingerprint density at radius 1 is 1.47 bits per heavy atom. The van der Waals surface area contributed by atoms with Crippen molar-refractivity contribution in [1.29, 1.82) is 0 Å². The second-order valence-corrected chi connectivity index (χ2v) is 5.08. The van der Waals surface area contributed by atoms with Crippen LogP contribution in [0.15, 0.2) is 12.4 Å². The summed E-state index contributed by atoms with van der Waals surface area (Å²) in [4.78, 5) is 9.06. The summed E-state index contributed by atoms with van der Waals surface area (Å²) in [5.74, 6) is 1.54. The van der Waals surface area contributed by atoms with Gasteiger partial charge in [-0.2, -0.15) is 0 Å². The molecule has 0 bridgehead atoms. The number of halogens is 1. The summed E-state index contributed by atoms with van der Waals surface area (Å²) < 4.78 is 5.16. The molecule has 0 spiro atoms. The van der Waals surface area contributed by atoms with Gasteiger partial charge in [-0.3, -0.25) is 4.98 Å². The number of hydrogen-bond acceptors (Lipinski definition) is 3. The number of methoxy groups -OCH3 is 1. The minimum absolute atomic E-state index is 0.629. The van der Waals surface area contributed by atoms with Gasteiger partial charge in [0.15, 0.2) is 0 Å². The van der Waals surface area contributed by atoms with Crippen LogP contribution in [0, 0.1) is 5.92 Å². The molecule has 1 aromatic rings. The quantitative estimate of drug-likeness (QED) is 0.772. The lowest BCUT2D eigenvalue weighted by Gasteiger charge is -2.09. The molecule has 1 heterocycles. The van der Waals surface area contributed by atoms with Crippen molar-refractivity contribution < 1.29 is 4.74 Å². The highest BCUT2D eigenvalue weighted by molar-refractivity contribution is 9.09. The molecule has 82 valence electrons. The Balaban J connectivity index is 1.91. The summed E-state index contributed by atoms with van der Waals surface area (Å²) in [6.07, 6.45) is 8.16. The van der Waals surface area contributed by atoms with Gasteiger partial charge in [0.2, 0.25) is 5.88 Å². The van der Waals surface area contributed by atoms with Crippen molar-refractivity contribution in [1.82, 2.24) is 9.97 Å². The first-order valence-corrected chi connectivity index (χ1v) is 6.20. The normalized spacial score (nSPS) is 17.5. The maximum Gasteiger partial charge on any atom is 0.235 e. The summed E-state index contributed by atoms with van der Waals surface area (Å²) in [7, 11) is 1.64. The molecular weight excluding hydrogens is 256 g/mol. The molecule has 0 N–H and O–H groups in total. The van der Waals surface area contributed by atoms with Gasteiger partial charge in [-0.05, 0) is 31.6 Å². The van der Waals surface area contributed by atoms with Crippen LogP contribution in [0.3, 0.4) is 0 Å². The summed E-state index contributed by atoms with van der Waals surface area (Å²) in [6.45, 7) is 0. The van der Waals surface area contributed by atoms with E-state index in [0.29, 0.717) is 10.7 Å². The fraction of sp³-hybridized carbons (Fsp3) is 0.636. The van der Waals surface area contributed by atoms with Gasteiger partial charge in [0.05, 0.1) is 7.11 Å². The summed E-state index contributed by atoms with van der Waals surface area (Å²) >= 11 is 3.72. The van der Waals surface area contributed by atoms with Crippen molar-refractivity contribution in [3.05, 3.63) is 18.1 Å². The van der Waals surface area contributed by atoms with Crippen LogP contribution in [-0.2, 0) is 6.42 Å². The first-order chi connectivity index (χ1) is 7.31. The molecule has 4 heteroatoms. The smallest absolute Gasteiger partial charge is 0.235 e. The van der Waals surface area contributed by atoms with E-state index >= 15 is 0 Å². The van der Waals surface area contributed by atoms with Crippen LogP contribution < -0.4 is 4.74 Å². The number of rotatable bonds is 5. The second kappa shape index (κ2) is 4.92. The molecule has 1 aromatic heterocycles. The lowest BCUT2D eigenvalue weighted by molar-refractivity contribution is 0.388. The third-order valence-electron chi connectivity index (χ3n) is 2.72. The van der Waals surface area contributed by atoms with Crippen LogP contribution in [0.2, 0.25) is 0 Å². The average Bonchev–Trinajstić information content (AvgIpc) is 3.10. The maximum atomic E-state index is 5.16. The predicted molar refractivity (Wildman–Crippen MR) is 62.3 cm³/mol. The molecule has 1 unspecified atom stereocenters. The first kappa shape index (κ1) is 10.9. The highest BCUT2D eigenvalue weighted by Gasteiger charge is 2.29.